The molecule has 0 aliphatic heterocycles. The van der Waals surface area contributed by atoms with Crippen LogP contribution in [-0.4, -0.2) is 21.1 Å². The van der Waals surface area contributed by atoms with Crippen LogP contribution in [0.4, 0.5) is 0 Å². The standard InChI is InChI=1S/C18H19N3O2/c1-13-4-2-5-14(10-13)11-21(15-7-8-15)12-17-19-18(20-23-17)16-6-3-9-22-16/h2-6,9-10,15H,7-8,11-12H2,1H3. The molecular weight excluding hydrogens is 290 g/mol. The summed E-state index contributed by atoms with van der Waals surface area (Å²) in [5.41, 5.74) is 2.61. The first-order valence-corrected chi connectivity index (χ1v) is 7.94. The molecule has 2 aromatic heterocycles. The van der Waals surface area contributed by atoms with Crippen LogP contribution in [-0.2, 0) is 13.1 Å². The van der Waals surface area contributed by atoms with Gasteiger partial charge in [0.1, 0.15) is 0 Å². The lowest BCUT2D eigenvalue weighted by Crippen LogP contribution is -2.25. The Balaban J connectivity index is 1.48. The Kier molecular flexibility index (Phi) is 3.71. The molecule has 0 amide bonds. The number of aryl methyl sites for hydroxylation is 1. The van der Waals surface area contributed by atoms with Gasteiger partial charge >= 0.3 is 0 Å². The highest BCUT2D eigenvalue weighted by Gasteiger charge is 2.30. The van der Waals surface area contributed by atoms with Crippen LogP contribution in [0, 0.1) is 6.92 Å². The van der Waals surface area contributed by atoms with Crippen molar-refractivity contribution in [3.8, 4) is 11.6 Å². The highest BCUT2D eigenvalue weighted by atomic mass is 16.5. The molecule has 4 rings (SSSR count). The van der Waals surface area contributed by atoms with E-state index in [2.05, 4.69) is 46.2 Å². The van der Waals surface area contributed by atoms with Crippen LogP contribution in [0.25, 0.3) is 11.6 Å². The van der Waals surface area contributed by atoms with Gasteiger partial charge in [-0.05, 0) is 37.5 Å². The van der Waals surface area contributed by atoms with Gasteiger partial charge in [-0.1, -0.05) is 35.0 Å². The first kappa shape index (κ1) is 14.2. The van der Waals surface area contributed by atoms with Gasteiger partial charge in [-0.3, -0.25) is 4.90 Å². The molecule has 1 aromatic carbocycles. The smallest absolute Gasteiger partial charge is 0.241 e. The van der Waals surface area contributed by atoms with Gasteiger partial charge in [0.2, 0.25) is 11.7 Å². The fourth-order valence-electron chi connectivity index (χ4n) is 2.80. The van der Waals surface area contributed by atoms with E-state index in [-0.39, 0.29) is 0 Å². The van der Waals surface area contributed by atoms with Gasteiger partial charge < -0.3 is 8.94 Å². The molecule has 2 heterocycles. The molecule has 0 saturated heterocycles. The molecular formula is C18H19N3O2. The number of rotatable bonds is 6. The van der Waals surface area contributed by atoms with E-state index in [1.165, 1.54) is 24.0 Å². The van der Waals surface area contributed by atoms with Crippen molar-refractivity contribution >= 4 is 0 Å². The molecule has 1 fully saturated rings. The third-order valence-corrected chi connectivity index (χ3v) is 4.08. The van der Waals surface area contributed by atoms with E-state index in [0.717, 1.165) is 6.54 Å². The summed E-state index contributed by atoms with van der Waals surface area (Å²) in [6.07, 6.45) is 4.09. The summed E-state index contributed by atoms with van der Waals surface area (Å²) in [6.45, 7) is 3.70. The van der Waals surface area contributed by atoms with Crippen molar-refractivity contribution in [2.24, 2.45) is 0 Å². The Morgan fingerprint density at radius 3 is 2.83 bits per heavy atom. The summed E-state index contributed by atoms with van der Waals surface area (Å²) in [5, 5.41) is 4.01. The van der Waals surface area contributed by atoms with Crippen molar-refractivity contribution in [3.05, 3.63) is 59.7 Å². The third kappa shape index (κ3) is 3.35. The Morgan fingerprint density at radius 2 is 2.09 bits per heavy atom. The van der Waals surface area contributed by atoms with E-state index < -0.39 is 0 Å². The average Bonchev–Trinajstić information content (AvgIpc) is 3.05. The fraction of sp³-hybridized carbons (Fsp3) is 0.333. The molecule has 0 atom stereocenters. The molecule has 5 heteroatoms. The maximum absolute atomic E-state index is 5.40. The van der Waals surface area contributed by atoms with Crippen LogP contribution in [0.15, 0.2) is 51.6 Å². The maximum Gasteiger partial charge on any atom is 0.241 e. The maximum atomic E-state index is 5.40. The van der Waals surface area contributed by atoms with Crippen molar-refractivity contribution in [1.29, 1.82) is 0 Å². The lowest BCUT2D eigenvalue weighted by molar-refractivity contribution is 0.209. The van der Waals surface area contributed by atoms with E-state index in [1.54, 1.807) is 6.26 Å². The second-order valence-corrected chi connectivity index (χ2v) is 6.11. The van der Waals surface area contributed by atoms with Crippen molar-refractivity contribution in [2.75, 3.05) is 0 Å². The molecule has 0 N–H and O–H groups in total. The van der Waals surface area contributed by atoms with Crippen molar-refractivity contribution in [2.45, 2.75) is 38.9 Å². The first-order chi connectivity index (χ1) is 11.3. The van der Waals surface area contributed by atoms with Gasteiger partial charge in [-0.25, -0.2) is 0 Å². The second-order valence-electron chi connectivity index (χ2n) is 6.11. The quantitative estimate of drug-likeness (QED) is 0.693. The Morgan fingerprint density at radius 1 is 1.17 bits per heavy atom. The number of aromatic nitrogens is 2. The van der Waals surface area contributed by atoms with Gasteiger partial charge in [0.15, 0.2) is 5.76 Å². The average molecular weight is 309 g/mol. The molecule has 1 aliphatic carbocycles. The minimum Gasteiger partial charge on any atom is -0.461 e. The largest absolute Gasteiger partial charge is 0.461 e. The van der Waals surface area contributed by atoms with E-state index in [1.807, 2.05) is 12.1 Å². The number of nitrogens with zero attached hydrogens (tertiary/aromatic N) is 3. The minimum absolute atomic E-state index is 0.510. The molecule has 3 aromatic rings. The zero-order valence-corrected chi connectivity index (χ0v) is 13.1. The monoisotopic (exact) mass is 309 g/mol. The van der Waals surface area contributed by atoms with Crippen molar-refractivity contribution < 1.29 is 8.94 Å². The molecule has 118 valence electrons. The van der Waals surface area contributed by atoms with Gasteiger partial charge in [-0.15, -0.1) is 0 Å². The molecule has 5 nitrogen and oxygen atoms in total. The van der Waals surface area contributed by atoms with Crippen molar-refractivity contribution in [3.63, 3.8) is 0 Å². The summed E-state index contributed by atoms with van der Waals surface area (Å²) in [7, 11) is 0. The zero-order valence-electron chi connectivity index (χ0n) is 13.1. The van der Waals surface area contributed by atoms with E-state index in [4.69, 9.17) is 8.94 Å². The summed E-state index contributed by atoms with van der Waals surface area (Å²) >= 11 is 0. The lowest BCUT2D eigenvalue weighted by Gasteiger charge is -2.20. The number of furan rings is 1. The molecule has 0 unspecified atom stereocenters. The topological polar surface area (TPSA) is 55.3 Å². The number of hydrogen-bond donors (Lipinski definition) is 0. The molecule has 1 saturated carbocycles. The summed E-state index contributed by atoms with van der Waals surface area (Å²) in [5.74, 6) is 1.78. The summed E-state index contributed by atoms with van der Waals surface area (Å²) in [6, 6.07) is 12.9. The van der Waals surface area contributed by atoms with Crippen LogP contribution in [0.5, 0.6) is 0 Å². The Hall–Kier alpha value is -2.40. The van der Waals surface area contributed by atoms with Gasteiger partial charge in [0.05, 0.1) is 12.8 Å². The molecule has 0 radical (unpaired) electrons. The SMILES string of the molecule is Cc1cccc(CN(Cc2nc(-c3ccco3)no2)C2CC2)c1. The zero-order chi connectivity index (χ0) is 15.6. The third-order valence-electron chi connectivity index (χ3n) is 4.08. The van der Waals surface area contributed by atoms with Crippen LogP contribution in [0.3, 0.4) is 0 Å². The van der Waals surface area contributed by atoms with E-state index in [9.17, 15) is 0 Å². The highest BCUT2D eigenvalue weighted by molar-refractivity contribution is 5.44. The predicted octanol–water partition coefficient (Wildman–Crippen LogP) is 3.80. The molecule has 0 bridgehead atoms. The van der Waals surface area contributed by atoms with Gasteiger partial charge in [-0.2, -0.15) is 4.98 Å². The molecule has 1 aliphatic rings. The first-order valence-electron chi connectivity index (χ1n) is 7.94. The van der Waals surface area contributed by atoms with Crippen molar-refractivity contribution in [1.82, 2.24) is 15.0 Å². The van der Waals surface area contributed by atoms with Gasteiger partial charge in [0.25, 0.3) is 0 Å². The van der Waals surface area contributed by atoms with Crippen LogP contribution in [0.2, 0.25) is 0 Å². The molecule has 0 spiro atoms. The van der Waals surface area contributed by atoms with E-state index >= 15 is 0 Å². The molecule has 23 heavy (non-hydrogen) atoms. The normalized spacial score (nSPS) is 14.5. The number of hydrogen-bond acceptors (Lipinski definition) is 5. The van der Waals surface area contributed by atoms with Gasteiger partial charge in [0, 0.05) is 12.6 Å². The lowest BCUT2D eigenvalue weighted by atomic mass is 10.1. The minimum atomic E-state index is 0.510. The Labute approximate surface area is 134 Å². The number of benzene rings is 1. The summed E-state index contributed by atoms with van der Waals surface area (Å²) < 4.78 is 10.7. The fourth-order valence-corrected chi connectivity index (χ4v) is 2.80. The predicted molar refractivity (Wildman–Crippen MR) is 85.4 cm³/mol. The van der Waals surface area contributed by atoms with Crippen LogP contribution < -0.4 is 0 Å². The summed E-state index contributed by atoms with van der Waals surface area (Å²) in [4.78, 5) is 6.86. The van der Waals surface area contributed by atoms with E-state index in [0.29, 0.717) is 30.1 Å². The highest BCUT2D eigenvalue weighted by Crippen LogP contribution is 2.30. The Bertz CT molecular complexity index is 775. The van der Waals surface area contributed by atoms with Crippen LogP contribution >= 0.6 is 0 Å². The second kappa shape index (κ2) is 6.01. The van der Waals surface area contributed by atoms with Crippen LogP contribution in [0.1, 0.15) is 29.9 Å².